The molecule has 0 saturated carbocycles. The lowest BCUT2D eigenvalue weighted by Crippen LogP contribution is -2.66. The van der Waals surface area contributed by atoms with Crippen LogP contribution in [0.4, 0.5) is 5.82 Å². The SMILES string of the molecule is Cc1ccc(-n2nccn2)c(C(=O)N2C[C@@H]3CCN(c4cnc5cc(Cl)ccc5n4)C[C@@H]32)c1. The second-order valence-electron chi connectivity index (χ2n) is 8.72. The monoisotopic (exact) mass is 459 g/mol. The fraction of sp³-hybridized carbons (Fsp3) is 0.292. The fourth-order valence-electron chi connectivity index (χ4n) is 4.85. The number of benzene rings is 2. The predicted octanol–water partition coefficient (Wildman–Crippen LogP) is 3.52. The van der Waals surface area contributed by atoms with Gasteiger partial charge < -0.3 is 9.80 Å². The normalized spacial score (nSPS) is 19.9. The van der Waals surface area contributed by atoms with Gasteiger partial charge in [0.25, 0.3) is 5.91 Å². The summed E-state index contributed by atoms with van der Waals surface area (Å²) in [4.78, 5) is 28.7. The van der Waals surface area contributed by atoms with Crippen LogP contribution in [0.3, 0.4) is 0 Å². The number of carbonyl (C=O) groups excluding carboxylic acids is 1. The summed E-state index contributed by atoms with van der Waals surface area (Å²) in [6.45, 7) is 4.41. The van der Waals surface area contributed by atoms with Crippen LogP contribution in [0.15, 0.2) is 55.0 Å². The molecule has 0 spiro atoms. The predicted molar refractivity (Wildman–Crippen MR) is 126 cm³/mol. The summed E-state index contributed by atoms with van der Waals surface area (Å²) in [6, 6.07) is 11.5. The topological polar surface area (TPSA) is 80.0 Å². The number of likely N-dealkylation sites (tertiary alicyclic amines) is 1. The number of anilines is 1. The van der Waals surface area contributed by atoms with Crippen molar-refractivity contribution >= 4 is 34.4 Å². The Kier molecular flexibility index (Phi) is 4.76. The van der Waals surface area contributed by atoms with Crippen LogP contribution in [0, 0.1) is 12.8 Å². The van der Waals surface area contributed by atoms with Gasteiger partial charge in [0.2, 0.25) is 0 Å². The second-order valence-corrected chi connectivity index (χ2v) is 9.16. The molecule has 2 atom stereocenters. The van der Waals surface area contributed by atoms with E-state index in [1.54, 1.807) is 18.6 Å². The minimum Gasteiger partial charge on any atom is -0.353 e. The zero-order valence-corrected chi connectivity index (χ0v) is 18.9. The van der Waals surface area contributed by atoms with Crippen LogP contribution in [0.1, 0.15) is 22.3 Å². The zero-order valence-electron chi connectivity index (χ0n) is 18.1. The van der Waals surface area contributed by atoms with Gasteiger partial charge in [0.1, 0.15) is 5.82 Å². The lowest BCUT2D eigenvalue weighted by atomic mass is 9.81. The number of aryl methyl sites for hydroxylation is 1. The standard InChI is InChI=1S/C24H22ClN7O/c1-15-2-5-21(32-27-7-8-28-32)18(10-15)24(33)31-13-16-6-9-30(14-22(16)31)23-12-26-20-11-17(25)3-4-19(20)29-23/h2-5,7-8,10-12,16,22H,6,9,13-14H2,1H3/t16-,22-/m0/s1. The van der Waals surface area contributed by atoms with Gasteiger partial charge >= 0.3 is 0 Å². The molecule has 2 fully saturated rings. The highest BCUT2D eigenvalue weighted by Gasteiger charge is 2.46. The average molecular weight is 460 g/mol. The van der Waals surface area contributed by atoms with E-state index in [0.29, 0.717) is 22.2 Å². The van der Waals surface area contributed by atoms with Crippen molar-refractivity contribution in [2.24, 2.45) is 5.92 Å². The van der Waals surface area contributed by atoms with E-state index in [-0.39, 0.29) is 11.9 Å². The molecule has 1 amide bonds. The van der Waals surface area contributed by atoms with Crippen LogP contribution >= 0.6 is 11.6 Å². The molecule has 4 aromatic rings. The van der Waals surface area contributed by atoms with Crippen molar-refractivity contribution < 1.29 is 4.79 Å². The van der Waals surface area contributed by atoms with Crippen LogP contribution in [0.2, 0.25) is 5.02 Å². The Hall–Kier alpha value is -3.52. The Morgan fingerprint density at radius 1 is 1.06 bits per heavy atom. The van der Waals surface area contributed by atoms with E-state index in [1.807, 2.05) is 48.2 Å². The van der Waals surface area contributed by atoms with Gasteiger partial charge in [-0.1, -0.05) is 23.2 Å². The number of hydrogen-bond acceptors (Lipinski definition) is 6. The molecule has 0 radical (unpaired) electrons. The molecule has 6 rings (SSSR count). The molecular weight excluding hydrogens is 438 g/mol. The number of rotatable bonds is 3. The Morgan fingerprint density at radius 3 is 2.76 bits per heavy atom. The molecule has 2 aromatic heterocycles. The van der Waals surface area contributed by atoms with Crippen LogP contribution < -0.4 is 4.90 Å². The molecule has 8 nitrogen and oxygen atoms in total. The van der Waals surface area contributed by atoms with Crippen LogP contribution in [-0.4, -0.2) is 61.4 Å². The average Bonchev–Trinajstić information content (AvgIpc) is 3.34. The third-order valence-corrected chi connectivity index (χ3v) is 6.88. The maximum atomic E-state index is 13.6. The first-order valence-electron chi connectivity index (χ1n) is 11.0. The van der Waals surface area contributed by atoms with Crippen LogP contribution in [-0.2, 0) is 0 Å². The highest BCUT2D eigenvalue weighted by molar-refractivity contribution is 6.31. The zero-order chi connectivity index (χ0) is 22.5. The van der Waals surface area contributed by atoms with Crippen molar-refractivity contribution in [3.8, 4) is 5.69 Å². The van der Waals surface area contributed by atoms with Gasteiger partial charge in [-0.15, -0.1) is 0 Å². The van der Waals surface area contributed by atoms with Crippen LogP contribution in [0.25, 0.3) is 16.7 Å². The largest absolute Gasteiger partial charge is 0.353 e. The molecule has 2 aliphatic heterocycles. The number of amides is 1. The number of fused-ring (bicyclic) bond motifs is 2. The molecule has 0 aliphatic carbocycles. The third kappa shape index (κ3) is 3.51. The highest BCUT2D eigenvalue weighted by Crippen LogP contribution is 2.36. The summed E-state index contributed by atoms with van der Waals surface area (Å²) in [5.41, 5.74) is 3.95. The maximum Gasteiger partial charge on any atom is 0.256 e. The number of piperidine rings is 1. The van der Waals surface area contributed by atoms with Crippen molar-refractivity contribution in [3.05, 3.63) is 71.1 Å². The van der Waals surface area contributed by atoms with E-state index >= 15 is 0 Å². The van der Waals surface area contributed by atoms with E-state index < -0.39 is 0 Å². The molecule has 0 bridgehead atoms. The second kappa shape index (κ2) is 7.81. The smallest absolute Gasteiger partial charge is 0.256 e. The maximum absolute atomic E-state index is 13.6. The van der Waals surface area contributed by atoms with E-state index in [2.05, 4.69) is 20.1 Å². The minimum atomic E-state index is 0.0216. The molecule has 2 saturated heterocycles. The van der Waals surface area contributed by atoms with Gasteiger partial charge in [-0.3, -0.25) is 9.78 Å². The molecule has 166 valence electrons. The Balaban J connectivity index is 1.26. The number of hydrogen-bond donors (Lipinski definition) is 0. The summed E-state index contributed by atoms with van der Waals surface area (Å²) in [7, 11) is 0. The molecule has 33 heavy (non-hydrogen) atoms. The van der Waals surface area contributed by atoms with E-state index in [9.17, 15) is 4.79 Å². The van der Waals surface area contributed by atoms with E-state index in [1.165, 1.54) is 4.80 Å². The third-order valence-electron chi connectivity index (χ3n) is 6.65. The van der Waals surface area contributed by atoms with Gasteiger partial charge in [0.15, 0.2) is 0 Å². The summed E-state index contributed by atoms with van der Waals surface area (Å²) < 4.78 is 0. The number of carbonyl (C=O) groups is 1. The summed E-state index contributed by atoms with van der Waals surface area (Å²) in [6.07, 6.45) is 6.05. The summed E-state index contributed by atoms with van der Waals surface area (Å²) in [5.74, 6) is 1.36. The first kappa shape index (κ1) is 20.1. The van der Waals surface area contributed by atoms with Crippen molar-refractivity contribution in [2.75, 3.05) is 24.5 Å². The highest BCUT2D eigenvalue weighted by atomic mass is 35.5. The van der Waals surface area contributed by atoms with Crippen LogP contribution in [0.5, 0.6) is 0 Å². The fourth-order valence-corrected chi connectivity index (χ4v) is 5.02. The van der Waals surface area contributed by atoms with Crippen molar-refractivity contribution in [1.29, 1.82) is 0 Å². The first-order chi connectivity index (χ1) is 16.1. The lowest BCUT2D eigenvalue weighted by Gasteiger charge is -2.53. The molecular formula is C24H22ClN7O. The summed E-state index contributed by atoms with van der Waals surface area (Å²) >= 11 is 6.07. The molecule has 2 aromatic carbocycles. The number of halogens is 1. The minimum absolute atomic E-state index is 0.0216. The van der Waals surface area contributed by atoms with E-state index in [4.69, 9.17) is 16.6 Å². The Morgan fingerprint density at radius 2 is 1.91 bits per heavy atom. The van der Waals surface area contributed by atoms with Crippen molar-refractivity contribution in [3.63, 3.8) is 0 Å². The van der Waals surface area contributed by atoms with Crippen molar-refractivity contribution in [2.45, 2.75) is 19.4 Å². The number of aromatic nitrogens is 5. The lowest BCUT2D eigenvalue weighted by molar-refractivity contribution is 0.00777. The quantitative estimate of drug-likeness (QED) is 0.466. The summed E-state index contributed by atoms with van der Waals surface area (Å²) in [5, 5.41) is 9.11. The Labute approximate surface area is 195 Å². The molecule has 0 unspecified atom stereocenters. The van der Waals surface area contributed by atoms with Gasteiger partial charge in [0.05, 0.1) is 46.9 Å². The Bertz CT molecular complexity index is 1360. The molecule has 4 heterocycles. The van der Waals surface area contributed by atoms with Gasteiger partial charge in [0, 0.05) is 30.6 Å². The van der Waals surface area contributed by atoms with E-state index in [0.717, 1.165) is 48.5 Å². The molecule has 0 N–H and O–H groups in total. The molecule has 2 aliphatic rings. The molecule has 9 heteroatoms. The van der Waals surface area contributed by atoms with Crippen molar-refractivity contribution in [1.82, 2.24) is 29.9 Å². The first-order valence-corrected chi connectivity index (χ1v) is 11.4. The van der Waals surface area contributed by atoms with Gasteiger partial charge in [-0.25, -0.2) is 4.98 Å². The van der Waals surface area contributed by atoms with Gasteiger partial charge in [-0.05, 0) is 43.7 Å². The number of nitrogens with zero attached hydrogens (tertiary/aromatic N) is 7. The van der Waals surface area contributed by atoms with Gasteiger partial charge in [-0.2, -0.15) is 15.0 Å².